The van der Waals surface area contributed by atoms with E-state index in [4.69, 9.17) is 9.52 Å². The number of aryl methyl sites for hydroxylation is 2. The summed E-state index contributed by atoms with van der Waals surface area (Å²) in [5.41, 5.74) is 3.19. The van der Waals surface area contributed by atoms with Crippen LogP contribution in [0.2, 0.25) is 0 Å². The van der Waals surface area contributed by atoms with Crippen LogP contribution in [0.1, 0.15) is 43.4 Å². The van der Waals surface area contributed by atoms with Crippen molar-refractivity contribution < 1.29 is 4.52 Å². The van der Waals surface area contributed by atoms with E-state index >= 15 is 0 Å². The topological polar surface area (TPSA) is 93.2 Å². The molecule has 3 rings (SSSR count). The minimum Gasteiger partial charge on any atom is -0.361 e. The number of pyridine rings is 1. The first-order valence-corrected chi connectivity index (χ1v) is 9.68. The van der Waals surface area contributed by atoms with Crippen LogP contribution >= 0.6 is 0 Å². The van der Waals surface area contributed by atoms with Gasteiger partial charge in [0, 0.05) is 43.7 Å². The standard InChI is InChI=1S/C20H27N7O/c1-4-17-16(18(5-2)28-26-17)14-24-20(21-6-3)23-13-15-8-10-22-19(12-15)27-11-7-9-25-27/h7-12H,4-6,13-14H2,1-3H3,(H2,21,23,24). The summed E-state index contributed by atoms with van der Waals surface area (Å²) in [6, 6.07) is 5.83. The number of aliphatic imine (C=N–C) groups is 1. The second-order valence-electron chi connectivity index (χ2n) is 6.26. The number of nitrogens with zero attached hydrogens (tertiary/aromatic N) is 5. The molecule has 3 heterocycles. The molecule has 0 atom stereocenters. The van der Waals surface area contributed by atoms with Crippen molar-refractivity contribution in [3.05, 3.63) is 59.4 Å². The first kappa shape index (κ1) is 19.6. The summed E-state index contributed by atoms with van der Waals surface area (Å²) in [6.45, 7) is 8.16. The molecule has 3 aromatic heterocycles. The van der Waals surface area contributed by atoms with E-state index in [0.717, 1.165) is 53.7 Å². The van der Waals surface area contributed by atoms with Gasteiger partial charge in [-0.1, -0.05) is 19.0 Å². The molecule has 0 saturated carbocycles. The van der Waals surface area contributed by atoms with Crippen LogP contribution in [-0.4, -0.2) is 32.4 Å². The number of guanidine groups is 1. The molecule has 0 amide bonds. The van der Waals surface area contributed by atoms with E-state index in [1.165, 1.54) is 0 Å². The average molecular weight is 381 g/mol. The lowest BCUT2D eigenvalue weighted by molar-refractivity contribution is 0.380. The minimum absolute atomic E-state index is 0.539. The maximum absolute atomic E-state index is 5.44. The van der Waals surface area contributed by atoms with Crippen molar-refractivity contribution in [1.82, 2.24) is 30.6 Å². The summed E-state index contributed by atoms with van der Waals surface area (Å²) in [4.78, 5) is 9.06. The third-order valence-corrected chi connectivity index (χ3v) is 4.35. The lowest BCUT2D eigenvalue weighted by Gasteiger charge is -2.12. The van der Waals surface area contributed by atoms with Gasteiger partial charge in [-0.25, -0.2) is 14.7 Å². The van der Waals surface area contributed by atoms with E-state index in [-0.39, 0.29) is 0 Å². The Hall–Kier alpha value is -3.16. The molecule has 0 unspecified atom stereocenters. The smallest absolute Gasteiger partial charge is 0.191 e. The predicted octanol–water partition coefficient (Wildman–Crippen LogP) is 2.64. The Morgan fingerprint density at radius 2 is 2.07 bits per heavy atom. The van der Waals surface area contributed by atoms with Gasteiger partial charge in [-0.3, -0.25) is 0 Å². The molecule has 2 N–H and O–H groups in total. The molecule has 148 valence electrons. The van der Waals surface area contributed by atoms with Crippen molar-refractivity contribution in [3.63, 3.8) is 0 Å². The van der Waals surface area contributed by atoms with Gasteiger partial charge in [-0.05, 0) is 37.1 Å². The Bertz CT molecular complexity index is 878. The molecule has 0 spiro atoms. The normalized spacial score (nSPS) is 11.6. The Morgan fingerprint density at radius 3 is 2.79 bits per heavy atom. The van der Waals surface area contributed by atoms with Crippen molar-refractivity contribution in [3.8, 4) is 5.82 Å². The Morgan fingerprint density at radius 1 is 1.18 bits per heavy atom. The van der Waals surface area contributed by atoms with Crippen molar-refractivity contribution in [2.75, 3.05) is 6.54 Å². The first-order chi connectivity index (χ1) is 13.7. The van der Waals surface area contributed by atoms with Crippen LogP contribution in [0.15, 0.2) is 46.3 Å². The van der Waals surface area contributed by atoms with Gasteiger partial charge in [-0.15, -0.1) is 0 Å². The molecule has 28 heavy (non-hydrogen) atoms. The van der Waals surface area contributed by atoms with Crippen molar-refractivity contribution in [1.29, 1.82) is 0 Å². The SMILES string of the molecule is CCNC(=NCc1ccnc(-n2cccn2)c1)NCc1c(CC)noc1CC. The summed E-state index contributed by atoms with van der Waals surface area (Å²) in [5.74, 6) is 2.46. The molecule has 8 nitrogen and oxygen atoms in total. The summed E-state index contributed by atoms with van der Waals surface area (Å²) in [7, 11) is 0. The van der Waals surface area contributed by atoms with E-state index in [0.29, 0.717) is 13.1 Å². The zero-order valence-electron chi connectivity index (χ0n) is 16.6. The fourth-order valence-corrected chi connectivity index (χ4v) is 2.91. The zero-order valence-corrected chi connectivity index (χ0v) is 16.6. The maximum atomic E-state index is 5.44. The summed E-state index contributed by atoms with van der Waals surface area (Å²) >= 11 is 0. The maximum Gasteiger partial charge on any atom is 0.191 e. The average Bonchev–Trinajstić information content (AvgIpc) is 3.39. The van der Waals surface area contributed by atoms with Crippen LogP contribution in [0.4, 0.5) is 0 Å². The predicted molar refractivity (Wildman–Crippen MR) is 108 cm³/mol. The van der Waals surface area contributed by atoms with Crippen LogP contribution in [0, 0.1) is 0 Å². The number of hydrogen-bond donors (Lipinski definition) is 2. The summed E-state index contributed by atoms with van der Waals surface area (Å²) < 4.78 is 7.18. The van der Waals surface area contributed by atoms with Crippen LogP contribution in [0.3, 0.4) is 0 Å². The van der Waals surface area contributed by atoms with Crippen LogP contribution < -0.4 is 10.6 Å². The number of nitrogens with one attached hydrogen (secondary N) is 2. The molecule has 0 aliphatic carbocycles. The zero-order chi connectivity index (χ0) is 19.8. The van der Waals surface area contributed by atoms with Gasteiger partial charge in [0.05, 0.1) is 12.2 Å². The molecule has 0 aliphatic heterocycles. The van der Waals surface area contributed by atoms with Crippen molar-refractivity contribution in [2.45, 2.75) is 46.7 Å². The largest absolute Gasteiger partial charge is 0.361 e. The molecule has 0 radical (unpaired) electrons. The molecule has 8 heteroatoms. The highest BCUT2D eigenvalue weighted by Gasteiger charge is 2.13. The van der Waals surface area contributed by atoms with Crippen molar-refractivity contribution >= 4 is 5.96 Å². The van der Waals surface area contributed by atoms with Crippen LogP contribution in [0.25, 0.3) is 5.82 Å². The number of hydrogen-bond acceptors (Lipinski definition) is 5. The molecule has 0 bridgehead atoms. The Balaban J connectivity index is 1.70. The fourth-order valence-electron chi connectivity index (χ4n) is 2.91. The second kappa shape index (κ2) is 9.68. The number of rotatable bonds is 8. The van der Waals surface area contributed by atoms with Gasteiger partial charge in [-0.2, -0.15) is 5.10 Å². The summed E-state index contributed by atoms with van der Waals surface area (Å²) in [5, 5.41) is 15.1. The van der Waals surface area contributed by atoms with E-state index in [2.05, 4.69) is 39.7 Å². The highest BCUT2D eigenvalue weighted by Crippen LogP contribution is 2.15. The third kappa shape index (κ3) is 4.76. The van der Waals surface area contributed by atoms with Gasteiger partial charge < -0.3 is 15.2 Å². The van der Waals surface area contributed by atoms with Crippen LogP contribution in [0.5, 0.6) is 0 Å². The molecule has 0 saturated heterocycles. The van der Waals surface area contributed by atoms with E-state index < -0.39 is 0 Å². The van der Waals surface area contributed by atoms with Gasteiger partial charge in [0.25, 0.3) is 0 Å². The highest BCUT2D eigenvalue weighted by atomic mass is 16.5. The van der Waals surface area contributed by atoms with Gasteiger partial charge in [0.1, 0.15) is 5.76 Å². The Labute approximate surface area is 165 Å². The van der Waals surface area contributed by atoms with E-state index in [1.807, 2.05) is 31.3 Å². The number of aromatic nitrogens is 4. The highest BCUT2D eigenvalue weighted by molar-refractivity contribution is 5.79. The third-order valence-electron chi connectivity index (χ3n) is 4.35. The molecule has 0 fully saturated rings. The van der Waals surface area contributed by atoms with Crippen LogP contribution in [-0.2, 0) is 25.9 Å². The fraction of sp³-hybridized carbons (Fsp3) is 0.400. The lowest BCUT2D eigenvalue weighted by atomic mass is 10.1. The molecule has 3 aromatic rings. The minimum atomic E-state index is 0.539. The molecule has 0 aromatic carbocycles. The second-order valence-corrected chi connectivity index (χ2v) is 6.26. The molecule has 0 aliphatic rings. The lowest BCUT2D eigenvalue weighted by Crippen LogP contribution is -2.37. The van der Waals surface area contributed by atoms with Gasteiger partial charge in [0.2, 0.25) is 0 Å². The monoisotopic (exact) mass is 381 g/mol. The Kier molecular flexibility index (Phi) is 6.78. The van der Waals surface area contributed by atoms with E-state index in [1.54, 1.807) is 17.1 Å². The van der Waals surface area contributed by atoms with E-state index in [9.17, 15) is 0 Å². The molecular formula is C20H27N7O. The summed E-state index contributed by atoms with van der Waals surface area (Å²) in [6.07, 6.45) is 7.06. The van der Waals surface area contributed by atoms with Gasteiger partial charge >= 0.3 is 0 Å². The van der Waals surface area contributed by atoms with Crippen molar-refractivity contribution in [2.24, 2.45) is 4.99 Å². The quantitative estimate of drug-likeness (QED) is 0.460. The van der Waals surface area contributed by atoms with Gasteiger partial charge in [0.15, 0.2) is 11.8 Å². The first-order valence-electron chi connectivity index (χ1n) is 9.68. The molecular weight excluding hydrogens is 354 g/mol.